The summed E-state index contributed by atoms with van der Waals surface area (Å²) >= 11 is 1.53. The maximum absolute atomic E-state index is 5.51. The van der Waals surface area contributed by atoms with Gasteiger partial charge in [-0.25, -0.2) is 0 Å². The van der Waals surface area contributed by atoms with Gasteiger partial charge in [0.2, 0.25) is 0 Å². The molecule has 3 heteroatoms. The standard InChI is InChI=1S/C7H14N2S/c1-3-5-9-7(8)10-6-4-2/h4H,2-3,5-6H2,1H3,(H2,8,9). The van der Waals surface area contributed by atoms with Crippen LogP contribution in [0.2, 0.25) is 0 Å². The van der Waals surface area contributed by atoms with E-state index in [9.17, 15) is 0 Å². The van der Waals surface area contributed by atoms with Crippen molar-refractivity contribution in [3.05, 3.63) is 12.7 Å². The van der Waals surface area contributed by atoms with Crippen molar-refractivity contribution in [3.8, 4) is 0 Å². The molecule has 2 N–H and O–H groups in total. The lowest BCUT2D eigenvalue weighted by Gasteiger charge is -1.94. The van der Waals surface area contributed by atoms with Crippen molar-refractivity contribution in [2.45, 2.75) is 13.3 Å². The molecule has 0 unspecified atom stereocenters. The Kier molecular flexibility index (Phi) is 6.38. The minimum atomic E-state index is 0.668. The van der Waals surface area contributed by atoms with Crippen LogP contribution in [0.5, 0.6) is 0 Å². The predicted octanol–water partition coefficient (Wildman–Crippen LogP) is 1.63. The average Bonchev–Trinajstić information content (AvgIpc) is 1.97. The Morgan fingerprint density at radius 1 is 1.80 bits per heavy atom. The van der Waals surface area contributed by atoms with E-state index in [0.717, 1.165) is 18.7 Å². The fourth-order valence-corrected chi connectivity index (χ4v) is 0.883. The van der Waals surface area contributed by atoms with E-state index >= 15 is 0 Å². The van der Waals surface area contributed by atoms with Crippen LogP contribution < -0.4 is 5.73 Å². The highest BCUT2D eigenvalue weighted by Gasteiger charge is 1.87. The highest BCUT2D eigenvalue weighted by Crippen LogP contribution is 1.98. The van der Waals surface area contributed by atoms with Crippen LogP contribution in [-0.2, 0) is 0 Å². The molecule has 0 saturated carbocycles. The van der Waals surface area contributed by atoms with Gasteiger partial charge in [-0.05, 0) is 6.42 Å². The number of thioether (sulfide) groups is 1. The molecule has 0 aromatic heterocycles. The highest BCUT2D eigenvalue weighted by atomic mass is 32.2. The first-order valence-electron chi connectivity index (χ1n) is 3.34. The summed E-state index contributed by atoms with van der Waals surface area (Å²) in [5, 5.41) is 0.668. The summed E-state index contributed by atoms with van der Waals surface area (Å²) < 4.78 is 0. The van der Waals surface area contributed by atoms with Crippen LogP contribution in [0.3, 0.4) is 0 Å². The van der Waals surface area contributed by atoms with Crippen molar-refractivity contribution < 1.29 is 0 Å². The van der Waals surface area contributed by atoms with Gasteiger partial charge in [-0.15, -0.1) is 6.58 Å². The molecule has 58 valence electrons. The van der Waals surface area contributed by atoms with E-state index in [4.69, 9.17) is 5.73 Å². The second-order valence-electron chi connectivity index (χ2n) is 1.82. The number of aliphatic imine (C=N–C) groups is 1. The number of nitrogens with zero attached hydrogens (tertiary/aromatic N) is 1. The van der Waals surface area contributed by atoms with E-state index in [1.807, 2.05) is 6.08 Å². The third kappa shape index (κ3) is 5.69. The third-order valence-electron chi connectivity index (χ3n) is 0.840. The van der Waals surface area contributed by atoms with Crippen molar-refractivity contribution >= 4 is 16.9 Å². The molecule has 0 bridgehead atoms. The Morgan fingerprint density at radius 2 is 2.50 bits per heavy atom. The van der Waals surface area contributed by atoms with Crippen molar-refractivity contribution in [3.63, 3.8) is 0 Å². The first-order valence-corrected chi connectivity index (χ1v) is 4.33. The molecule has 0 saturated heterocycles. The molecule has 0 heterocycles. The number of rotatable bonds is 4. The normalized spacial score (nSPS) is 11.5. The number of hydrogen-bond acceptors (Lipinski definition) is 2. The van der Waals surface area contributed by atoms with E-state index in [1.165, 1.54) is 11.8 Å². The first-order chi connectivity index (χ1) is 4.81. The summed E-state index contributed by atoms with van der Waals surface area (Å²) in [6.07, 6.45) is 2.87. The second kappa shape index (κ2) is 6.68. The van der Waals surface area contributed by atoms with Crippen LogP contribution in [0.15, 0.2) is 17.6 Å². The second-order valence-corrected chi connectivity index (χ2v) is 2.86. The molecule has 10 heavy (non-hydrogen) atoms. The molecule has 0 aliphatic heterocycles. The van der Waals surface area contributed by atoms with Gasteiger partial charge in [-0.2, -0.15) is 0 Å². The third-order valence-corrected chi connectivity index (χ3v) is 1.67. The SMILES string of the molecule is C=CCSC(N)=NCCC. The van der Waals surface area contributed by atoms with Crippen LogP contribution in [0, 0.1) is 0 Å². The van der Waals surface area contributed by atoms with Gasteiger partial charge in [0.15, 0.2) is 5.17 Å². The van der Waals surface area contributed by atoms with Gasteiger partial charge in [0.1, 0.15) is 0 Å². The van der Waals surface area contributed by atoms with E-state index in [2.05, 4.69) is 18.5 Å². The molecule has 2 nitrogen and oxygen atoms in total. The maximum atomic E-state index is 5.51. The zero-order valence-electron chi connectivity index (χ0n) is 6.34. The Balaban J connectivity index is 3.38. The van der Waals surface area contributed by atoms with Gasteiger partial charge in [-0.3, -0.25) is 4.99 Å². The minimum absolute atomic E-state index is 0.668. The molecule has 0 rings (SSSR count). The summed E-state index contributed by atoms with van der Waals surface area (Å²) in [6.45, 7) is 6.49. The summed E-state index contributed by atoms with van der Waals surface area (Å²) in [6, 6.07) is 0. The van der Waals surface area contributed by atoms with Gasteiger partial charge >= 0.3 is 0 Å². The van der Waals surface area contributed by atoms with Crippen molar-refractivity contribution in [2.24, 2.45) is 10.7 Å². The molecule has 0 atom stereocenters. The summed E-state index contributed by atoms with van der Waals surface area (Å²) in [5.41, 5.74) is 5.51. The highest BCUT2D eigenvalue weighted by molar-refractivity contribution is 8.13. The summed E-state index contributed by atoms with van der Waals surface area (Å²) in [5.74, 6) is 0.846. The molecule has 0 amide bonds. The van der Waals surface area contributed by atoms with Crippen molar-refractivity contribution in [2.75, 3.05) is 12.3 Å². The zero-order valence-corrected chi connectivity index (χ0v) is 7.16. The van der Waals surface area contributed by atoms with Gasteiger partial charge < -0.3 is 5.73 Å². The molecule has 0 radical (unpaired) electrons. The van der Waals surface area contributed by atoms with Gasteiger partial charge in [-0.1, -0.05) is 24.8 Å². The Bertz CT molecular complexity index is 121. The zero-order chi connectivity index (χ0) is 7.82. The van der Waals surface area contributed by atoms with E-state index in [0.29, 0.717) is 5.17 Å². The predicted molar refractivity (Wildman–Crippen MR) is 49.4 cm³/mol. The lowest BCUT2D eigenvalue weighted by Crippen LogP contribution is -2.07. The molecular weight excluding hydrogens is 144 g/mol. The van der Waals surface area contributed by atoms with E-state index < -0.39 is 0 Å². The topological polar surface area (TPSA) is 38.4 Å². The Hall–Kier alpha value is -0.440. The first kappa shape index (κ1) is 9.56. The smallest absolute Gasteiger partial charge is 0.154 e. The lowest BCUT2D eigenvalue weighted by atomic mass is 10.5. The quantitative estimate of drug-likeness (QED) is 0.383. The van der Waals surface area contributed by atoms with Crippen LogP contribution >= 0.6 is 11.8 Å². The van der Waals surface area contributed by atoms with Crippen molar-refractivity contribution in [1.82, 2.24) is 0 Å². The fraction of sp³-hybridized carbons (Fsp3) is 0.571. The molecule has 0 aromatic carbocycles. The van der Waals surface area contributed by atoms with Gasteiger partial charge in [0, 0.05) is 12.3 Å². The largest absolute Gasteiger partial charge is 0.379 e. The maximum Gasteiger partial charge on any atom is 0.154 e. The van der Waals surface area contributed by atoms with Crippen LogP contribution in [0.25, 0.3) is 0 Å². The molecule has 0 aromatic rings. The molecule has 0 aliphatic carbocycles. The fourth-order valence-electron chi connectivity index (χ4n) is 0.412. The number of nitrogens with two attached hydrogens (primary N) is 1. The van der Waals surface area contributed by atoms with E-state index in [1.54, 1.807) is 0 Å². The molecule has 0 spiro atoms. The van der Waals surface area contributed by atoms with Gasteiger partial charge in [0.05, 0.1) is 0 Å². The minimum Gasteiger partial charge on any atom is -0.379 e. The van der Waals surface area contributed by atoms with Crippen LogP contribution in [-0.4, -0.2) is 17.5 Å². The lowest BCUT2D eigenvalue weighted by molar-refractivity contribution is 0.934. The van der Waals surface area contributed by atoms with E-state index in [-0.39, 0.29) is 0 Å². The van der Waals surface area contributed by atoms with Crippen molar-refractivity contribution in [1.29, 1.82) is 0 Å². The number of amidine groups is 1. The average molecular weight is 158 g/mol. The Morgan fingerprint density at radius 3 is 3.00 bits per heavy atom. The Labute approximate surface area is 66.6 Å². The number of hydrogen-bond donors (Lipinski definition) is 1. The molecule has 0 aliphatic rings. The van der Waals surface area contributed by atoms with Crippen LogP contribution in [0.1, 0.15) is 13.3 Å². The molecule has 0 fully saturated rings. The molecular formula is C7H14N2S. The summed E-state index contributed by atoms with van der Waals surface area (Å²) in [7, 11) is 0. The van der Waals surface area contributed by atoms with Crippen LogP contribution in [0.4, 0.5) is 0 Å². The summed E-state index contributed by atoms with van der Waals surface area (Å²) in [4.78, 5) is 4.09. The van der Waals surface area contributed by atoms with Gasteiger partial charge in [0.25, 0.3) is 0 Å². The monoisotopic (exact) mass is 158 g/mol.